The van der Waals surface area contributed by atoms with Gasteiger partial charge in [0.25, 0.3) is 5.91 Å². The van der Waals surface area contributed by atoms with Gasteiger partial charge in [-0.15, -0.1) is 13.2 Å². The highest BCUT2D eigenvalue weighted by molar-refractivity contribution is 5.95. The van der Waals surface area contributed by atoms with Crippen LogP contribution in [0.15, 0.2) is 48.5 Å². The highest BCUT2D eigenvalue weighted by Crippen LogP contribution is 2.26. The molecule has 0 unspecified atom stereocenters. The van der Waals surface area contributed by atoms with Crippen molar-refractivity contribution < 1.29 is 22.7 Å². The van der Waals surface area contributed by atoms with E-state index in [2.05, 4.69) is 15.4 Å². The molecule has 0 fully saturated rings. The van der Waals surface area contributed by atoms with E-state index in [1.807, 2.05) is 19.2 Å². The Morgan fingerprint density at radius 3 is 2.36 bits per heavy atom. The quantitative estimate of drug-likeness (QED) is 0.804. The maximum Gasteiger partial charge on any atom is 0.573 e. The van der Waals surface area contributed by atoms with E-state index in [1.165, 1.54) is 18.2 Å². The average Bonchev–Trinajstić information content (AvgIpc) is 2.58. The first-order chi connectivity index (χ1) is 11.9. The standard InChI is InChI=1S/C18H19F3N2O2/c1-22-11-10-13-6-2-4-8-15(13)17(24)23-12-14-7-3-5-9-16(14)25-18(19,20)21/h2-9,22H,10-12H2,1H3,(H,23,24). The molecule has 134 valence electrons. The third kappa shape index (κ3) is 5.79. The van der Waals surface area contributed by atoms with Gasteiger partial charge in [0.2, 0.25) is 0 Å². The van der Waals surface area contributed by atoms with Crippen molar-refractivity contribution in [2.24, 2.45) is 0 Å². The third-order valence-electron chi connectivity index (χ3n) is 3.54. The maximum atomic E-state index is 12.4. The maximum absolute atomic E-state index is 12.4. The molecule has 0 radical (unpaired) electrons. The number of hydrogen-bond donors (Lipinski definition) is 2. The zero-order chi connectivity index (χ0) is 18.3. The topological polar surface area (TPSA) is 50.4 Å². The van der Waals surface area contributed by atoms with Crippen LogP contribution in [0.3, 0.4) is 0 Å². The number of carbonyl (C=O) groups is 1. The minimum absolute atomic E-state index is 0.0640. The summed E-state index contributed by atoms with van der Waals surface area (Å²) >= 11 is 0. The summed E-state index contributed by atoms with van der Waals surface area (Å²) in [5.74, 6) is -0.660. The first-order valence-corrected chi connectivity index (χ1v) is 7.75. The number of amides is 1. The average molecular weight is 352 g/mol. The van der Waals surface area contributed by atoms with Crippen LogP contribution in [0.4, 0.5) is 13.2 Å². The fourth-order valence-corrected chi connectivity index (χ4v) is 2.36. The number of nitrogens with one attached hydrogen (secondary N) is 2. The minimum atomic E-state index is -4.78. The summed E-state index contributed by atoms with van der Waals surface area (Å²) in [5.41, 5.74) is 1.63. The molecule has 0 aliphatic carbocycles. The van der Waals surface area contributed by atoms with Gasteiger partial charge in [-0.2, -0.15) is 0 Å². The molecule has 2 rings (SSSR count). The van der Waals surface area contributed by atoms with Crippen LogP contribution in [0.1, 0.15) is 21.5 Å². The number of likely N-dealkylation sites (N-methyl/N-ethyl adjacent to an activating group) is 1. The van der Waals surface area contributed by atoms with Crippen LogP contribution in [0.25, 0.3) is 0 Å². The van der Waals surface area contributed by atoms with Gasteiger partial charge < -0.3 is 15.4 Å². The van der Waals surface area contributed by atoms with Crippen LogP contribution in [0.2, 0.25) is 0 Å². The molecule has 0 heterocycles. The molecule has 0 spiro atoms. The lowest BCUT2D eigenvalue weighted by Gasteiger charge is -2.14. The molecule has 2 aromatic carbocycles. The Hall–Kier alpha value is -2.54. The molecule has 0 aromatic heterocycles. The van der Waals surface area contributed by atoms with Crippen LogP contribution in [0.5, 0.6) is 5.75 Å². The van der Waals surface area contributed by atoms with E-state index in [0.717, 1.165) is 5.56 Å². The molecule has 1 amide bonds. The molecular weight excluding hydrogens is 333 g/mol. The largest absolute Gasteiger partial charge is 0.573 e. The van der Waals surface area contributed by atoms with Crippen LogP contribution in [-0.2, 0) is 13.0 Å². The molecule has 0 aliphatic rings. The van der Waals surface area contributed by atoms with Gasteiger partial charge in [0.15, 0.2) is 0 Å². The lowest BCUT2D eigenvalue weighted by molar-refractivity contribution is -0.274. The van der Waals surface area contributed by atoms with Crippen LogP contribution in [-0.4, -0.2) is 25.9 Å². The number of rotatable bonds is 7. The summed E-state index contributed by atoms with van der Waals surface area (Å²) < 4.78 is 41.3. The van der Waals surface area contributed by atoms with E-state index in [9.17, 15) is 18.0 Å². The van der Waals surface area contributed by atoms with Gasteiger partial charge >= 0.3 is 6.36 Å². The van der Waals surface area contributed by atoms with Gasteiger partial charge in [0.1, 0.15) is 5.75 Å². The summed E-state index contributed by atoms with van der Waals surface area (Å²) in [6.07, 6.45) is -4.10. The SMILES string of the molecule is CNCCc1ccccc1C(=O)NCc1ccccc1OC(F)(F)F. The molecular formula is C18H19F3N2O2. The van der Waals surface area contributed by atoms with Crippen molar-refractivity contribution in [2.75, 3.05) is 13.6 Å². The Morgan fingerprint density at radius 1 is 1.04 bits per heavy atom. The monoisotopic (exact) mass is 352 g/mol. The second kappa shape index (κ2) is 8.53. The Balaban J connectivity index is 2.08. The van der Waals surface area contributed by atoms with Gasteiger partial charge in [0.05, 0.1) is 0 Å². The Labute approximate surface area is 144 Å². The van der Waals surface area contributed by atoms with Gasteiger partial charge in [-0.3, -0.25) is 4.79 Å². The highest BCUT2D eigenvalue weighted by Gasteiger charge is 2.32. The Morgan fingerprint density at radius 2 is 1.68 bits per heavy atom. The predicted molar refractivity (Wildman–Crippen MR) is 88.4 cm³/mol. The molecule has 0 aliphatic heterocycles. The summed E-state index contributed by atoms with van der Waals surface area (Å²) in [4.78, 5) is 12.4. The summed E-state index contributed by atoms with van der Waals surface area (Å²) in [7, 11) is 1.82. The number of carbonyl (C=O) groups excluding carboxylic acids is 1. The van der Waals surface area contributed by atoms with E-state index in [0.29, 0.717) is 18.5 Å². The summed E-state index contributed by atoms with van der Waals surface area (Å²) in [6.45, 7) is 0.651. The first kappa shape index (κ1) is 18.8. The zero-order valence-electron chi connectivity index (χ0n) is 13.7. The Kier molecular flexibility index (Phi) is 6.41. The molecule has 0 saturated heterocycles. The first-order valence-electron chi connectivity index (χ1n) is 7.75. The molecule has 0 atom stereocenters. The van der Waals surface area contributed by atoms with E-state index in [4.69, 9.17) is 0 Å². The normalized spacial score (nSPS) is 11.2. The second-order valence-corrected chi connectivity index (χ2v) is 5.35. The molecule has 0 saturated carbocycles. The van der Waals surface area contributed by atoms with Crippen LogP contribution in [0, 0.1) is 0 Å². The molecule has 4 nitrogen and oxygen atoms in total. The van der Waals surface area contributed by atoms with Crippen LogP contribution < -0.4 is 15.4 Å². The lowest BCUT2D eigenvalue weighted by Crippen LogP contribution is -2.26. The van der Waals surface area contributed by atoms with Crippen molar-refractivity contribution in [1.29, 1.82) is 0 Å². The summed E-state index contributed by atoms with van der Waals surface area (Å²) in [6, 6.07) is 12.9. The van der Waals surface area contributed by atoms with Crippen molar-refractivity contribution in [3.8, 4) is 5.75 Å². The lowest BCUT2D eigenvalue weighted by atomic mass is 10.0. The molecule has 25 heavy (non-hydrogen) atoms. The van der Waals surface area contributed by atoms with Crippen molar-refractivity contribution in [1.82, 2.24) is 10.6 Å². The fraction of sp³-hybridized carbons (Fsp3) is 0.278. The number of ether oxygens (including phenoxy) is 1. The fourth-order valence-electron chi connectivity index (χ4n) is 2.36. The van der Waals surface area contributed by atoms with Gasteiger partial charge in [-0.05, 0) is 37.7 Å². The molecule has 0 bridgehead atoms. The third-order valence-corrected chi connectivity index (χ3v) is 3.54. The minimum Gasteiger partial charge on any atom is -0.405 e. The van der Waals surface area contributed by atoms with Gasteiger partial charge in [-0.1, -0.05) is 36.4 Å². The van der Waals surface area contributed by atoms with Crippen LogP contribution >= 0.6 is 0 Å². The number of para-hydroxylation sites is 1. The highest BCUT2D eigenvalue weighted by atomic mass is 19.4. The molecule has 2 N–H and O–H groups in total. The number of benzene rings is 2. The van der Waals surface area contributed by atoms with Crippen molar-refractivity contribution in [3.63, 3.8) is 0 Å². The number of halogens is 3. The van der Waals surface area contributed by atoms with E-state index in [-0.39, 0.29) is 23.8 Å². The molecule has 2 aromatic rings. The smallest absolute Gasteiger partial charge is 0.405 e. The second-order valence-electron chi connectivity index (χ2n) is 5.35. The van der Waals surface area contributed by atoms with Gasteiger partial charge in [-0.25, -0.2) is 0 Å². The predicted octanol–water partition coefficient (Wildman–Crippen LogP) is 3.28. The van der Waals surface area contributed by atoms with Crippen molar-refractivity contribution >= 4 is 5.91 Å². The molecule has 7 heteroatoms. The van der Waals surface area contributed by atoms with E-state index < -0.39 is 6.36 Å². The number of alkyl halides is 3. The van der Waals surface area contributed by atoms with Crippen molar-refractivity contribution in [2.45, 2.75) is 19.3 Å². The zero-order valence-corrected chi connectivity index (χ0v) is 13.7. The van der Waals surface area contributed by atoms with E-state index >= 15 is 0 Å². The van der Waals surface area contributed by atoms with Gasteiger partial charge in [0, 0.05) is 17.7 Å². The van der Waals surface area contributed by atoms with Crippen molar-refractivity contribution in [3.05, 3.63) is 65.2 Å². The Bertz CT molecular complexity index is 717. The number of hydrogen-bond acceptors (Lipinski definition) is 3. The summed E-state index contributed by atoms with van der Waals surface area (Å²) in [5, 5.41) is 5.67. The van der Waals surface area contributed by atoms with E-state index in [1.54, 1.807) is 18.2 Å².